The molecular formula is C10H14F3NO2S. The van der Waals surface area contributed by atoms with E-state index < -0.39 is 17.3 Å². The Morgan fingerprint density at radius 2 is 2.12 bits per heavy atom. The van der Waals surface area contributed by atoms with Crippen LogP contribution in [0.4, 0.5) is 13.2 Å². The van der Waals surface area contributed by atoms with E-state index in [1.54, 1.807) is 7.11 Å². The summed E-state index contributed by atoms with van der Waals surface area (Å²) >= 11 is 0.480. The van der Waals surface area contributed by atoms with Gasteiger partial charge in [-0.05, 0) is 19.8 Å². The zero-order chi connectivity index (χ0) is 13.1. The van der Waals surface area contributed by atoms with Crippen LogP contribution in [0.5, 0.6) is 0 Å². The lowest BCUT2D eigenvalue weighted by atomic mass is 10.1. The molecule has 1 rings (SSSR count). The van der Waals surface area contributed by atoms with Crippen LogP contribution < -0.4 is 0 Å². The first kappa shape index (κ1) is 14.4. The largest absolute Gasteiger partial charge is 0.443 e. The van der Waals surface area contributed by atoms with E-state index in [1.165, 1.54) is 0 Å². The van der Waals surface area contributed by atoms with Gasteiger partial charge in [0.1, 0.15) is 0 Å². The van der Waals surface area contributed by atoms with Crippen LogP contribution >= 0.6 is 11.3 Å². The molecule has 0 fully saturated rings. The number of halogens is 3. The normalized spacial score (nSPS) is 15.9. The molecule has 0 amide bonds. The molecule has 0 saturated carbocycles. The topological polar surface area (TPSA) is 42.4 Å². The highest BCUT2D eigenvalue weighted by atomic mass is 32.1. The van der Waals surface area contributed by atoms with Crippen LogP contribution in [0.25, 0.3) is 0 Å². The highest BCUT2D eigenvalue weighted by molar-refractivity contribution is 7.11. The zero-order valence-electron chi connectivity index (χ0n) is 9.49. The summed E-state index contributed by atoms with van der Waals surface area (Å²) in [5.41, 5.74) is 0. The number of rotatable bonds is 5. The van der Waals surface area contributed by atoms with E-state index in [2.05, 4.69) is 4.98 Å². The minimum Gasteiger partial charge on any atom is -0.388 e. The monoisotopic (exact) mass is 269 g/mol. The molecule has 1 aromatic heterocycles. The molecule has 1 heterocycles. The predicted molar refractivity (Wildman–Crippen MR) is 57.8 cm³/mol. The minimum atomic E-state index is -4.44. The van der Waals surface area contributed by atoms with Gasteiger partial charge in [0.25, 0.3) is 0 Å². The first-order valence-electron chi connectivity index (χ1n) is 5.08. The summed E-state index contributed by atoms with van der Waals surface area (Å²) in [6.07, 6.45) is -3.37. The molecule has 0 saturated heterocycles. The molecule has 1 aromatic rings. The van der Waals surface area contributed by atoms with Crippen molar-refractivity contribution in [2.75, 3.05) is 7.11 Å². The Bertz CT molecular complexity index is 354. The van der Waals surface area contributed by atoms with E-state index in [0.717, 1.165) is 6.20 Å². The third kappa shape index (κ3) is 4.25. The number of alkyl halides is 3. The van der Waals surface area contributed by atoms with Gasteiger partial charge in [0.2, 0.25) is 0 Å². The number of thiazole rings is 1. The van der Waals surface area contributed by atoms with Gasteiger partial charge in [0.15, 0.2) is 5.01 Å². The van der Waals surface area contributed by atoms with E-state index in [-0.39, 0.29) is 11.0 Å². The van der Waals surface area contributed by atoms with Gasteiger partial charge in [-0.1, -0.05) is 0 Å². The molecule has 0 bridgehead atoms. The van der Waals surface area contributed by atoms with Gasteiger partial charge in [-0.15, -0.1) is 11.3 Å². The molecular weight excluding hydrogens is 255 g/mol. The molecule has 98 valence electrons. The van der Waals surface area contributed by atoms with Gasteiger partial charge in [0.05, 0.1) is 17.1 Å². The molecule has 2 atom stereocenters. The van der Waals surface area contributed by atoms with E-state index in [4.69, 9.17) is 4.74 Å². The molecule has 17 heavy (non-hydrogen) atoms. The SMILES string of the molecule is COC(C)CCC(O)c1cnc(C(F)(F)F)s1. The van der Waals surface area contributed by atoms with E-state index in [0.29, 0.717) is 24.2 Å². The Kier molecular flexibility index (Phi) is 4.91. The van der Waals surface area contributed by atoms with Crippen LogP contribution in [0.15, 0.2) is 6.20 Å². The standard InChI is InChI=1S/C10H14F3NO2S/c1-6(16-2)3-4-7(15)8-5-14-9(17-8)10(11,12)13/h5-7,15H,3-4H2,1-2H3. The highest BCUT2D eigenvalue weighted by Crippen LogP contribution is 2.35. The average molecular weight is 269 g/mol. The third-order valence-electron chi connectivity index (χ3n) is 2.34. The predicted octanol–water partition coefficient (Wildman–Crippen LogP) is 3.01. The minimum absolute atomic E-state index is 0.0281. The summed E-state index contributed by atoms with van der Waals surface area (Å²) in [6, 6.07) is 0. The lowest BCUT2D eigenvalue weighted by Gasteiger charge is -2.12. The van der Waals surface area contributed by atoms with Crippen molar-refractivity contribution in [1.29, 1.82) is 0 Å². The maximum atomic E-state index is 12.3. The molecule has 0 aliphatic carbocycles. The van der Waals surface area contributed by atoms with Gasteiger partial charge < -0.3 is 9.84 Å². The first-order chi connectivity index (χ1) is 7.84. The Morgan fingerprint density at radius 3 is 2.59 bits per heavy atom. The van der Waals surface area contributed by atoms with Gasteiger partial charge in [-0.3, -0.25) is 0 Å². The number of ether oxygens (including phenoxy) is 1. The number of hydrogen-bond donors (Lipinski definition) is 1. The van der Waals surface area contributed by atoms with E-state index in [9.17, 15) is 18.3 Å². The van der Waals surface area contributed by atoms with Gasteiger partial charge >= 0.3 is 6.18 Å². The Labute approximate surface area is 101 Å². The van der Waals surface area contributed by atoms with Gasteiger partial charge in [-0.2, -0.15) is 13.2 Å². The fourth-order valence-electron chi connectivity index (χ4n) is 1.22. The molecule has 0 aromatic carbocycles. The summed E-state index contributed by atoms with van der Waals surface area (Å²) in [7, 11) is 1.55. The summed E-state index contributed by atoms with van der Waals surface area (Å²) in [5, 5.41) is 8.77. The van der Waals surface area contributed by atoms with E-state index in [1.807, 2.05) is 6.92 Å². The molecule has 0 aliphatic heterocycles. The number of nitrogens with zero attached hydrogens (tertiary/aromatic N) is 1. The average Bonchev–Trinajstić information content (AvgIpc) is 2.74. The van der Waals surface area contributed by atoms with Crippen LogP contribution in [-0.2, 0) is 10.9 Å². The van der Waals surface area contributed by atoms with Crippen LogP contribution in [0.1, 0.15) is 35.8 Å². The summed E-state index contributed by atoms with van der Waals surface area (Å²) in [6.45, 7) is 1.83. The third-order valence-corrected chi connectivity index (χ3v) is 3.49. The smallest absolute Gasteiger partial charge is 0.388 e. The maximum absolute atomic E-state index is 12.3. The first-order valence-corrected chi connectivity index (χ1v) is 5.90. The second-order valence-corrected chi connectivity index (χ2v) is 4.77. The second kappa shape index (κ2) is 5.79. The van der Waals surface area contributed by atoms with Crippen LogP contribution in [0.3, 0.4) is 0 Å². The second-order valence-electron chi connectivity index (χ2n) is 3.71. The van der Waals surface area contributed by atoms with Crippen LogP contribution in [0, 0.1) is 0 Å². The fraction of sp³-hybridized carbons (Fsp3) is 0.700. The van der Waals surface area contributed by atoms with Crippen LogP contribution in [-0.4, -0.2) is 23.3 Å². The van der Waals surface area contributed by atoms with E-state index >= 15 is 0 Å². The van der Waals surface area contributed by atoms with Gasteiger partial charge in [-0.25, -0.2) is 4.98 Å². The lowest BCUT2D eigenvalue weighted by molar-refractivity contribution is -0.137. The Balaban J connectivity index is 2.58. The van der Waals surface area contributed by atoms with Crippen molar-refractivity contribution in [2.24, 2.45) is 0 Å². The van der Waals surface area contributed by atoms with Crippen molar-refractivity contribution in [3.63, 3.8) is 0 Å². The van der Waals surface area contributed by atoms with Crippen molar-refractivity contribution < 1.29 is 23.0 Å². The zero-order valence-corrected chi connectivity index (χ0v) is 10.3. The van der Waals surface area contributed by atoms with Crippen molar-refractivity contribution in [3.8, 4) is 0 Å². The van der Waals surface area contributed by atoms with Gasteiger partial charge in [0, 0.05) is 13.3 Å². The molecule has 1 N–H and O–H groups in total. The summed E-state index contributed by atoms with van der Waals surface area (Å²) in [5.74, 6) is 0. The lowest BCUT2D eigenvalue weighted by Crippen LogP contribution is -2.07. The Morgan fingerprint density at radius 1 is 1.47 bits per heavy atom. The number of aliphatic hydroxyl groups is 1. The number of methoxy groups -OCH3 is 1. The van der Waals surface area contributed by atoms with Crippen molar-refractivity contribution in [2.45, 2.75) is 38.1 Å². The molecule has 0 aliphatic rings. The maximum Gasteiger partial charge on any atom is 0.443 e. The Hall–Kier alpha value is -0.660. The van der Waals surface area contributed by atoms with Crippen molar-refractivity contribution in [3.05, 3.63) is 16.1 Å². The number of hydrogen-bond acceptors (Lipinski definition) is 4. The molecule has 7 heteroatoms. The summed E-state index contributed by atoms with van der Waals surface area (Å²) in [4.78, 5) is 3.49. The molecule has 2 unspecified atom stereocenters. The van der Waals surface area contributed by atoms with Crippen molar-refractivity contribution >= 4 is 11.3 Å². The molecule has 0 radical (unpaired) electrons. The summed E-state index contributed by atoms with van der Waals surface area (Å²) < 4.78 is 41.8. The highest BCUT2D eigenvalue weighted by Gasteiger charge is 2.35. The number of aromatic nitrogens is 1. The fourth-order valence-corrected chi connectivity index (χ4v) is 2.03. The number of aliphatic hydroxyl groups excluding tert-OH is 1. The van der Waals surface area contributed by atoms with Crippen molar-refractivity contribution in [1.82, 2.24) is 4.98 Å². The molecule has 0 spiro atoms. The van der Waals surface area contributed by atoms with Crippen LogP contribution in [0.2, 0.25) is 0 Å². The quantitative estimate of drug-likeness (QED) is 0.893. The molecule has 3 nitrogen and oxygen atoms in total.